The zero-order valence-electron chi connectivity index (χ0n) is 10.2. The van der Waals surface area contributed by atoms with Gasteiger partial charge in [0.1, 0.15) is 11.8 Å². The average molecular weight is 257 g/mol. The Morgan fingerprint density at radius 1 is 1.32 bits per heavy atom. The van der Waals surface area contributed by atoms with E-state index in [0.717, 1.165) is 11.0 Å². The van der Waals surface area contributed by atoms with Gasteiger partial charge < -0.3 is 9.67 Å². The topological polar surface area (TPSA) is 76.6 Å². The summed E-state index contributed by atoms with van der Waals surface area (Å²) in [5.74, 6) is -1.20. The Hall–Kier alpha value is -2.63. The summed E-state index contributed by atoms with van der Waals surface area (Å²) >= 11 is 0. The summed E-state index contributed by atoms with van der Waals surface area (Å²) in [4.78, 5) is 27.4. The molecular weight excluding hydrogens is 246 g/mol. The Balaban J connectivity index is 2.64. The molecule has 1 aromatic carbocycles. The SMILES string of the molecule is CCn1c(=O)c2c(C(=O)O)ncn2c2ccccc21. The van der Waals surface area contributed by atoms with Gasteiger partial charge >= 0.3 is 5.97 Å². The molecule has 3 rings (SSSR count). The summed E-state index contributed by atoms with van der Waals surface area (Å²) < 4.78 is 3.09. The quantitative estimate of drug-likeness (QED) is 0.752. The molecule has 0 saturated carbocycles. The third-order valence-corrected chi connectivity index (χ3v) is 3.17. The molecular formula is C13H11N3O3. The van der Waals surface area contributed by atoms with Crippen molar-refractivity contribution in [3.05, 3.63) is 46.6 Å². The molecule has 0 unspecified atom stereocenters. The van der Waals surface area contributed by atoms with Crippen molar-refractivity contribution in [3.63, 3.8) is 0 Å². The lowest BCUT2D eigenvalue weighted by atomic mass is 10.2. The molecule has 0 radical (unpaired) electrons. The van der Waals surface area contributed by atoms with E-state index in [1.807, 2.05) is 31.2 Å². The van der Waals surface area contributed by atoms with Crippen LogP contribution in [0, 0.1) is 0 Å². The molecule has 0 amide bonds. The van der Waals surface area contributed by atoms with E-state index in [2.05, 4.69) is 4.98 Å². The maximum atomic E-state index is 12.4. The average Bonchev–Trinajstić information content (AvgIpc) is 2.85. The summed E-state index contributed by atoms with van der Waals surface area (Å²) in [6.45, 7) is 2.32. The molecule has 0 spiro atoms. The first-order valence-electron chi connectivity index (χ1n) is 5.87. The molecule has 1 N–H and O–H groups in total. The molecule has 3 aromatic rings. The fraction of sp³-hybridized carbons (Fsp3) is 0.154. The maximum Gasteiger partial charge on any atom is 0.356 e. The largest absolute Gasteiger partial charge is 0.476 e. The highest BCUT2D eigenvalue weighted by atomic mass is 16.4. The van der Waals surface area contributed by atoms with Gasteiger partial charge in [0.25, 0.3) is 5.56 Å². The van der Waals surface area contributed by atoms with Crippen molar-refractivity contribution in [3.8, 4) is 0 Å². The number of aromatic carboxylic acids is 1. The summed E-state index contributed by atoms with van der Waals surface area (Å²) in [6, 6.07) is 7.35. The number of aromatic nitrogens is 3. The first kappa shape index (κ1) is 11.5. The number of carboxylic acids is 1. The number of para-hydroxylation sites is 2. The van der Waals surface area contributed by atoms with Crippen molar-refractivity contribution in [2.45, 2.75) is 13.5 Å². The number of carbonyl (C=O) groups is 1. The van der Waals surface area contributed by atoms with Crippen LogP contribution < -0.4 is 5.56 Å². The second kappa shape index (κ2) is 3.94. The third kappa shape index (κ3) is 1.46. The molecule has 0 aliphatic carbocycles. The minimum Gasteiger partial charge on any atom is -0.476 e. The van der Waals surface area contributed by atoms with E-state index in [9.17, 15) is 9.59 Å². The second-order valence-corrected chi connectivity index (χ2v) is 4.16. The molecule has 0 fully saturated rings. The number of fused-ring (bicyclic) bond motifs is 3. The number of benzene rings is 1. The van der Waals surface area contributed by atoms with Crippen molar-refractivity contribution in [2.24, 2.45) is 0 Å². The minimum absolute atomic E-state index is 0.105. The highest BCUT2D eigenvalue weighted by Gasteiger charge is 2.18. The second-order valence-electron chi connectivity index (χ2n) is 4.16. The number of hydrogen-bond acceptors (Lipinski definition) is 3. The van der Waals surface area contributed by atoms with Crippen LogP contribution in [0.2, 0.25) is 0 Å². The number of imidazole rings is 1. The molecule has 2 heterocycles. The molecule has 19 heavy (non-hydrogen) atoms. The fourth-order valence-electron chi connectivity index (χ4n) is 2.34. The molecule has 0 aliphatic rings. The Morgan fingerprint density at radius 2 is 2.00 bits per heavy atom. The van der Waals surface area contributed by atoms with Gasteiger partial charge in [0, 0.05) is 6.54 Å². The minimum atomic E-state index is -1.20. The predicted molar refractivity (Wildman–Crippen MR) is 69.6 cm³/mol. The van der Waals surface area contributed by atoms with E-state index in [1.54, 1.807) is 4.57 Å². The van der Waals surface area contributed by atoms with Gasteiger partial charge in [-0.05, 0) is 19.1 Å². The summed E-state index contributed by atoms with van der Waals surface area (Å²) in [5.41, 5.74) is 1.08. The number of hydrogen-bond donors (Lipinski definition) is 1. The molecule has 6 nitrogen and oxygen atoms in total. The molecule has 0 atom stereocenters. The molecule has 2 aromatic heterocycles. The lowest BCUT2D eigenvalue weighted by Gasteiger charge is -2.09. The van der Waals surface area contributed by atoms with Crippen molar-refractivity contribution in [2.75, 3.05) is 0 Å². The Labute approximate surface area is 107 Å². The molecule has 96 valence electrons. The van der Waals surface area contributed by atoms with Gasteiger partial charge in [0.2, 0.25) is 0 Å². The highest BCUT2D eigenvalue weighted by molar-refractivity contribution is 5.95. The summed E-state index contributed by atoms with van der Waals surface area (Å²) in [6.07, 6.45) is 1.38. The van der Waals surface area contributed by atoms with Crippen molar-refractivity contribution in [1.82, 2.24) is 14.0 Å². The van der Waals surface area contributed by atoms with Gasteiger partial charge in [-0.25, -0.2) is 9.78 Å². The normalized spacial score (nSPS) is 11.2. The van der Waals surface area contributed by atoms with Crippen LogP contribution in [0.5, 0.6) is 0 Å². The van der Waals surface area contributed by atoms with Gasteiger partial charge in [0.15, 0.2) is 5.69 Å². The first-order valence-corrected chi connectivity index (χ1v) is 5.87. The van der Waals surface area contributed by atoms with Crippen LogP contribution in [-0.2, 0) is 6.54 Å². The number of nitrogens with zero attached hydrogens (tertiary/aromatic N) is 3. The molecule has 0 aliphatic heterocycles. The van der Waals surface area contributed by atoms with Crippen LogP contribution in [0.15, 0.2) is 35.4 Å². The highest BCUT2D eigenvalue weighted by Crippen LogP contribution is 2.16. The monoisotopic (exact) mass is 257 g/mol. The van der Waals surface area contributed by atoms with Crippen molar-refractivity contribution < 1.29 is 9.90 Å². The van der Waals surface area contributed by atoms with E-state index < -0.39 is 5.97 Å². The number of rotatable bonds is 2. The van der Waals surface area contributed by atoms with Crippen LogP contribution in [0.1, 0.15) is 17.4 Å². The smallest absolute Gasteiger partial charge is 0.356 e. The van der Waals surface area contributed by atoms with E-state index in [1.165, 1.54) is 10.7 Å². The van der Waals surface area contributed by atoms with Crippen LogP contribution >= 0.6 is 0 Å². The van der Waals surface area contributed by atoms with Crippen molar-refractivity contribution >= 4 is 22.5 Å². The molecule has 0 saturated heterocycles. The van der Waals surface area contributed by atoms with Crippen LogP contribution in [-0.4, -0.2) is 25.0 Å². The van der Waals surface area contributed by atoms with Gasteiger partial charge in [0.05, 0.1) is 11.0 Å². The molecule has 0 bridgehead atoms. The Bertz CT molecular complexity index is 861. The Morgan fingerprint density at radius 3 is 2.63 bits per heavy atom. The standard InChI is InChI=1S/C13H11N3O3/c1-2-15-8-5-3-4-6-9(8)16-7-14-10(13(18)19)11(16)12(15)17/h3-7H,2H2,1H3,(H,18,19). The number of aryl methyl sites for hydroxylation is 1. The fourth-order valence-corrected chi connectivity index (χ4v) is 2.34. The maximum absolute atomic E-state index is 12.4. The van der Waals surface area contributed by atoms with Crippen LogP contribution in [0.3, 0.4) is 0 Å². The van der Waals surface area contributed by atoms with E-state index in [0.29, 0.717) is 6.54 Å². The van der Waals surface area contributed by atoms with Gasteiger partial charge in [-0.1, -0.05) is 12.1 Å². The zero-order chi connectivity index (χ0) is 13.6. The summed E-state index contributed by atoms with van der Waals surface area (Å²) in [7, 11) is 0. The van der Waals surface area contributed by atoms with E-state index in [-0.39, 0.29) is 16.8 Å². The van der Waals surface area contributed by atoms with Crippen LogP contribution in [0.4, 0.5) is 0 Å². The Kier molecular flexibility index (Phi) is 2.38. The van der Waals surface area contributed by atoms with Gasteiger partial charge in [-0.2, -0.15) is 0 Å². The van der Waals surface area contributed by atoms with E-state index in [4.69, 9.17) is 5.11 Å². The van der Waals surface area contributed by atoms with Gasteiger partial charge in [-0.3, -0.25) is 9.20 Å². The summed E-state index contributed by atoms with van der Waals surface area (Å²) in [5, 5.41) is 9.11. The zero-order valence-corrected chi connectivity index (χ0v) is 10.2. The van der Waals surface area contributed by atoms with Crippen LogP contribution in [0.25, 0.3) is 16.6 Å². The predicted octanol–water partition coefficient (Wildman–Crippen LogP) is 1.37. The van der Waals surface area contributed by atoms with Gasteiger partial charge in [-0.15, -0.1) is 0 Å². The molecule has 6 heteroatoms. The first-order chi connectivity index (χ1) is 9.15. The third-order valence-electron chi connectivity index (χ3n) is 3.17. The van der Waals surface area contributed by atoms with Crippen molar-refractivity contribution in [1.29, 1.82) is 0 Å². The lowest BCUT2D eigenvalue weighted by Crippen LogP contribution is -2.23. The number of carboxylic acid groups (broad SMARTS) is 1. The van der Waals surface area contributed by atoms with E-state index >= 15 is 0 Å². The lowest BCUT2D eigenvalue weighted by molar-refractivity contribution is 0.0693.